The number of hydrogen-bond donors (Lipinski definition) is 2. The number of aliphatic hydroxyl groups excluding tert-OH is 1. The SMILES string of the molecule is CC1CCCCCC1n1c(CO)nnc1SCC(=O)O. The predicted molar refractivity (Wildman–Crippen MR) is 75.6 cm³/mol. The summed E-state index contributed by atoms with van der Waals surface area (Å²) < 4.78 is 1.96. The van der Waals surface area contributed by atoms with Crippen LogP contribution in [0.25, 0.3) is 0 Å². The lowest BCUT2D eigenvalue weighted by molar-refractivity contribution is -0.133. The molecule has 2 N–H and O–H groups in total. The van der Waals surface area contributed by atoms with Gasteiger partial charge in [0, 0.05) is 6.04 Å². The summed E-state index contributed by atoms with van der Waals surface area (Å²) in [4.78, 5) is 10.7. The molecule has 0 bridgehead atoms. The molecule has 2 atom stereocenters. The number of carboxylic acids is 1. The largest absolute Gasteiger partial charge is 0.481 e. The highest BCUT2D eigenvalue weighted by molar-refractivity contribution is 7.99. The molecule has 1 aromatic heterocycles. The van der Waals surface area contributed by atoms with E-state index in [1.54, 1.807) is 0 Å². The van der Waals surface area contributed by atoms with Crippen molar-refractivity contribution in [3.05, 3.63) is 5.82 Å². The van der Waals surface area contributed by atoms with Gasteiger partial charge in [-0.2, -0.15) is 0 Å². The Hall–Kier alpha value is -1.08. The lowest BCUT2D eigenvalue weighted by Crippen LogP contribution is -2.20. The average Bonchev–Trinajstić information content (AvgIpc) is 2.71. The molecule has 2 unspecified atom stereocenters. The second-order valence-electron chi connectivity index (χ2n) is 5.29. The molecule has 0 aromatic carbocycles. The maximum absolute atomic E-state index is 10.7. The van der Waals surface area contributed by atoms with Crippen molar-refractivity contribution < 1.29 is 15.0 Å². The number of rotatable bonds is 5. The Morgan fingerprint density at radius 2 is 2.10 bits per heavy atom. The molecule has 0 aliphatic heterocycles. The van der Waals surface area contributed by atoms with E-state index in [0.29, 0.717) is 16.9 Å². The van der Waals surface area contributed by atoms with Crippen molar-refractivity contribution in [1.82, 2.24) is 14.8 Å². The number of aliphatic hydroxyl groups is 1. The van der Waals surface area contributed by atoms with E-state index in [4.69, 9.17) is 5.11 Å². The fourth-order valence-electron chi connectivity index (χ4n) is 2.83. The Morgan fingerprint density at radius 1 is 1.35 bits per heavy atom. The molecule has 1 saturated carbocycles. The van der Waals surface area contributed by atoms with Gasteiger partial charge in [-0.15, -0.1) is 10.2 Å². The van der Waals surface area contributed by atoms with Gasteiger partial charge in [0.1, 0.15) is 6.61 Å². The summed E-state index contributed by atoms with van der Waals surface area (Å²) in [6.07, 6.45) is 5.80. The molecule has 20 heavy (non-hydrogen) atoms. The van der Waals surface area contributed by atoms with Gasteiger partial charge in [-0.1, -0.05) is 37.9 Å². The number of thioether (sulfide) groups is 1. The molecule has 0 amide bonds. The van der Waals surface area contributed by atoms with Gasteiger partial charge in [-0.05, 0) is 18.8 Å². The Kier molecular flexibility index (Phi) is 5.42. The van der Waals surface area contributed by atoms with E-state index in [2.05, 4.69) is 17.1 Å². The summed E-state index contributed by atoms with van der Waals surface area (Å²) >= 11 is 1.17. The zero-order valence-corrected chi connectivity index (χ0v) is 12.5. The number of nitrogens with zero attached hydrogens (tertiary/aromatic N) is 3. The van der Waals surface area contributed by atoms with Crippen LogP contribution >= 0.6 is 11.8 Å². The third-order valence-electron chi connectivity index (χ3n) is 3.85. The van der Waals surface area contributed by atoms with E-state index in [1.165, 1.54) is 24.6 Å². The second kappa shape index (κ2) is 7.08. The van der Waals surface area contributed by atoms with Crippen LogP contribution in [-0.4, -0.2) is 36.7 Å². The lowest BCUT2D eigenvalue weighted by atomic mass is 9.97. The highest BCUT2D eigenvalue weighted by Crippen LogP contribution is 2.35. The Balaban J connectivity index is 2.26. The summed E-state index contributed by atoms with van der Waals surface area (Å²) in [5.74, 6) is 0.119. The summed E-state index contributed by atoms with van der Waals surface area (Å²) in [5, 5.41) is 26.9. The van der Waals surface area contributed by atoms with Gasteiger partial charge in [0.2, 0.25) is 0 Å². The quantitative estimate of drug-likeness (QED) is 0.639. The van der Waals surface area contributed by atoms with Crippen LogP contribution in [0.3, 0.4) is 0 Å². The van der Waals surface area contributed by atoms with Crippen LogP contribution in [0.15, 0.2) is 5.16 Å². The minimum atomic E-state index is -0.871. The van der Waals surface area contributed by atoms with E-state index in [-0.39, 0.29) is 18.4 Å². The summed E-state index contributed by atoms with van der Waals surface area (Å²) in [6.45, 7) is 2.05. The molecule has 1 fully saturated rings. The van der Waals surface area contributed by atoms with Gasteiger partial charge in [-0.25, -0.2) is 0 Å². The summed E-state index contributed by atoms with van der Waals surface area (Å²) in [6, 6.07) is 0.256. The van der Waals surface area contributed by atoms with Gasteiger partial charge < -0.3 is 14.8 Å². The van der Waals surface area contributed by atoms with E-state index < -0.39 is 5.97 Å². The van der Waals surface area contributed by atoms with Crippen molar-refractivity contribution in [2.75, 3.05) is 5.75 Å². The summed E-state index contributed by atoms with van der Waals surface area (Å²) in [7, 11) is 0. The average molecular weight is 299 g/mol. The molecule has 112 valence electrons. The highest BCUT2D eigenvalue weighted by atomic mass is 32.2. The fraction of sp³-hybridized carbons (Fsp3) is 0.769. The molecule has 1 aliphatic rings. The van der Waals surface area contributed by atoms with Crippen LogP contribution in [0, 0.1) is 5.92 Å². The van der Waals surface area contributed by atoms with Crippen LogP contribution in [0.4, 0.5) is 0 Å². The Bertz CT molecular complexity index is 464. The van der Waals surface area contributed by atoms with Gasteiger partial charge in [0.15, 0.2) is 11.0 Å². The molecule has 1 heterocycles. The van der Waals surface area contributed by atoms with E-state index in [1.807, 2.05) is 4.57 Å². The predicted octanol–water partition coefficient (Wildman–Crippen LogP) is 2.09. The molecule has 2 rings (SSSR count). The third-order valence-corrected chi connectivity index (χ3v) is 4.78. The maximum Gasteiger partial charge on any atom is 0.313 e. The van der Waals surface area contributed by atoms with Crippen LogP contribution in [0.2, 0.25) is 0 Å². The molecule has 0 spiro atoms. The molecule has 1 aliphatic carbocycles. The van der Waals surface area contributed by atoms with E-state index >= 15 is 0 Å². The molecular formula is C13H21N3O3S. The lowest BCUT2D eigenvalue weighted by Gasteiger charge is -2.25. The van der Waals surface area contributed by atoms with Gasteiger partial charge in [0.05, 0.1) is 5.75 Å². The van der Waals surface area contributed by atoms with Crippen molar-refractivity contribution in [2.45, 2.75) is 56.8 Å². The van der Waals surface area contributed by atoms with Crippen molar-refractivity contribution >= 4 is 17.7 Å². The first-order valence-electron chi connectivity index (χ1n) is 7.02. The van der Waals surface area contributed by atoms with Gasteiger partial charge in [-0.3, -0.25) is 4.79 Å². The Labute approximate surface area is 122 Å². The first-order valence-corrected chi connectivity index (χ1v) is 8.01. The first-order chi connectivity index (χ1) is 9.63. The number of aromatic nitrogens is 3. The minimum Gasteiger partial charge on any atom is -0.481 e. The van der Waals surface area contributed by atoms with Crippen LogP contribution < -0.4 is 0 Å². The standard InChI is InChI=1S/C13H21N3O3S/c1-9-5-3-2-4-6-10(9)16-11(7-17)14-15-13(16)20-8-12(18)19/h9-10,17H,2-8H2,1H3,(H,18,19). The van der Waals surface area contributed by atoms with Crippen molar-refractivity contribution in [3.8, 4) is 0 Å². The first kappa shape index (κ1) is 15.3. The second-order valence-corrected chi connectivity index (χ2v) is 6.23. The topological polar surface area (TPSA) is 88.2 Å². The molecule has 0 saturated heterocycles. The summed E-state index contributed by atoms with van der Waals surface area (Å²) in [5.41, 5.74) is 0. The Morgan fingerprint density at radius 3 is 2.80 bits per heavy atom. The van der Waals surface area contributed by atoms with E-state index in [9.17, 15) is 9.90 Å². The van der Waals surface area contributed by atoms with Crippen LogP contribution in [-0.2, 0) is 11.4 Å². The number of aliphatic carboxylic acids is 1. The van der Waals surface area contributed by atoms with Crippen LogP contribution in [0.1, 0.15) is 50.9 Å². The van der Waals surface area contributed by atoms with Crippen molar-refractivity contribution in [1.29, 1.82) is 0 Å². The highest BCUT2D eigenvalue weighted by Gasteiger charge is 2.27. The smallest absolute Gasteiger partial charge is 0.313 e. The molecule has 1 aromatic rings. The zero-order chi connectivity index (χ0) is 14.5. The minimum absolute atomic E-state index is 0.0370. The number of hydrogen-bond acceptors (Lipinski definition) is 5. The monoisotopic (exact) mass is 299 g/mol. The third kappa shape index (κ3) is 3.52. The van der Waals surface area contributed by atoms with Gasteiger partial charge in [0.25, 0.3) is 0 Å². The van der Waals surface area contributed by atoms with Gasteiger partial charge >= 0.3 is 5.97 Å². The fourth-order valence-corrected chi connectivity index (χ4v) is 3.56. The van der Waals surface area contributed by atoms with Crippen LogP contribution in [0.5, 0.6) is 0 Å². The maximum atomic E-state index is 10.7. The molecule has 6 nitrogen and oxygen atoms in total. The zero-order valence-electron chi connectivity index (χ0n) is 11.7. The number of carboxylic acid groups (broad SMARTS) is 1. The molecule has 7 heteroatoms. The van der Waals surface area contributed by atoms with Crippen molar-refractivity contribution in [3.63, 3.8) is 0 Å². The van der Waals surface area contributed by atoms with E-state index in [0.717, 1.165) is 19.3 Å². The molecule has 0 radical (unpaired) electrons. The molecular weight excluding hydrogens is 278 g/mol. The normalized spacial score (nSPS) is 23.5. The van der Waals surface area contributed by atoms with Crippen molar-refractivity contribution in [2.24, 2.45) is 5.92 Å². The number of carbonyl (C=O) groups is 1.